The zero-order valence-corrected chi connectivity index (χ0v) is 15.8. The molecule has 0 atom stereocenters. The van der Waals surface area contributed by atoms with Crippen molar-refractivity contribution in [2.45, 2.75) is 4.90 Å². The summed E-state index contributed by atoms with van der Waals surface area (Å²) in [7, 11) is 0.791. The third-order valence-corrected chi connectivity index (χ3v) is 5.08. The van der Waals surface area contributed by atoms with E-state index in [1.54, 1.807) is 44.4 Å². The highest BCUT2D eigenvalue weighted by atomic mass is 79.9. The monoisotopic (exact) mass is 412 g/mol. The lowest BCUT2D eigenvalue weighted by molar-refractivity contribution is 0.0827. The molecule has 2 aromatic rings. The number of hydrogen-bond donors (Lipinski definition) is 1. The zero-order valence-electron chi connectivity index (χ0n) is 13.4. The number of amides is 1. The van der Waals surface area contributed by atoms with Crippen LogP contribution < -0.4 is 9.46 Å². The first-order chi connectivity index (χ1) is 11.2. The average molecular weight is 413 g/mol. The van der Waals surface area contributed by atoms with E-state index in [1.165, 1.54) is 24.1 Å². The van der Waals surface area contributed by atoms with E-state index in [0.29, 0.717) is 15.7 Å². The molecule has 0 saturated heterocycles. The number of carbonyl (C=O) groups is 1. The van der Waals surface area contributed by atoms with E-state index in [-0.39, 0.29) is 16.6 Å². The Morgan fingerprint density at radius 1 is 1.17 bits per heavy atom. The van der Waals surface area contributed by atoms with Crippen LogP contribution in [-0.4, -0.2) is 40.4 Å². The summed E-state index contributed by atoms with van der Waals surface area (Å²) in [4.78, 5) is 13.4. The van der Waals surface area contributed by atoms with E-state index in [2.05, 4.69) is 20.7 Å². The molecule has 6 nitrogen and oxygen atoms in total. The Balaban J connectivity index is 2.39. The van der Waals surface area contributed by atoms with Crippen LogP contribution >= 0.6 is 15.9 Å². The van der Waals surface area contributed by atoms with Crippen molar-refractivity contribution in [2.75, 3.05) is 25.9 Å². The molecule has 0 aliphatic heterocycles. The number of hydrogen-bond acceptors (Lipinski definition) is 4. The number of benzene rings is 2. The molecule has 24 heavy (non-hydrogen) atoms. The van der Waals surface area contributed by atoms with E-state index in [4.69, 9.17) is 4.74 Å². The molecule has 0 aliphatic rings. The first-order valence-electron chi connectivity index (χ1n) is 6.92. The van der Waals surface area contributed by atoms with Crippen molar-refractivity contribution in [1.29, 1.82) is 0 Å². The Morgan fingerprint density at radius 2 is 1.88 bits per heavy atom. The maximum absolute atomic E-state index is 12.6. The fourth-order valence-electron chi connectivity index (χ4n) is 2.04. The molecule has 1 N–H and O–H groups in total. The zero-order chi connectivity index (χ0) is 17.9. The smallest absolute Gasteiger partial charge is 0.265 e. The lowest BCUT2D eigenvalue weighted by Crippen LogP contribution is -2.22. The van der Waals surface area contributed by atoms with Gasteiger partial charge >= 0.3 is 0 Å². The standard InChI is InChI=1S/C16H17BrN2O4S/c1-19(2)16(20)11-5-4-6-13(9-11)18-24(21,22)15-10-12(17)7-8-14(15)23-3/h4-10,18H,1-3H3. The van der Waals surface area contributed by atoms with Crippen LogP contribution in [0.15, 0.2) is 51.8 Å². The summed E-state index contributed by atoms with van der Waals surface area (Å²) in [5.74, 6) is 0.0160. The maximum Gasteiger partial charge on any atom is 0.265 e. The van der Waals surface area contributed by atoms with Crippen molar-refractivity contribution in [2.24, 2.45) is 0 Å². The van der Waals surface area contributed by atoms with Gasteiger partial charge in [-0.05, 0) is 36.4 Å². The molecule has 0 aromatic heterocycles. The third kappa shape index (κ3) is 4.07. The summed E-state index contributed by atoms with van der Waals surface area (Å²) in [6, 6.07) is 11.0. The summed E-state index contributed by atoms with van der Waals surface area (Å²) < 4.78 is 33.5. The highest BCUT2D eigenvalue weighted by molar-refractivity contribution is 9.10. The molecule has 2 rings (SSSR count). The topological polar surface area (TPSA) is 75.7 Å². The van der Waals surface area contributed by atoms with Gasteiger partial charge in [0.1, 0.15) is 10.6 Å². The van der Waals surface area contributed by atoms with Crippen molar-refractivity contribution in [3.05, 3.63) is 52.5 Å². The normalized spacial score (nSPS) is 11.0. The number of nitrogens with zero attached hydrogens (tertiary/aromatic N) is 1. The fourth-order valence-corrected chi connectivity index (χ4v) is 3.80. The van der Waals surface area contributed by atoms with E-state index in [0.717, 1.165) is 0 Å². The van der Waals surface area contributed by atoms with Crippen LogP contribution in [0.25, 0.3) is 0 Å². The molecule has 2 aromatic carbocycles. The number of sulfonamides is 1. The fraction of sp³-hybridized carbons (Fsp3) is 0.188. The molecule has 1 amide bonds. The summed E-state index contributed by atoms with van der Waals surface area (Å²) in [6.45, 7) is 0. The van der Waals surface area contributed by atoms with E-state index < -0.39 is 10.0 Å². The number of methoxy groups -OCH3 is 1. The van der Waals surface area contributed by atoms with Crippen molar-refractivity contribution < 1.29 is 17.9 Å². The largest absolute Gasteiger partial charge is 0.495 e. The van der Waals surface area contributed by atoms with Crippen molar-refractivity contribution in [3.8, 4) is 5.75 Å². The third-order valence-electron chi connectivity index (χ3n) is 3.18. The molecule has 8 heteroatoms. The number of ether oxygens (including phenoxy) is 1. The van der Waals surface area contributed by atoms with Crippen LogP contribution in [0, 0.1) is 0 Å². The number of carbonyl (C=O) groups excluding carboxylic acids is 1. The van der Waals surface area contributed by atoms with Crippen LogP contribution in [0.1, 0.15) is 10.4 Å². The highest BCUT2D eigenvalue weighted by Crippen LogP contribution is 2.29. The first kappa shape index (κ1) is 18.3. The van der Waals surface area contributed by atoms with Gasteiger partial charge in [0.25, 0.3) is 15.9 Å². The number of halogens is 1. The predicted octanol–water partition coefficient (Wildman–Crippen LogP) is 2.96. The number of anilines is 1. The second-order valence-corrected chi connectivity index (χ2v) is 7.75. The maximum atomic E-state index is 12.6. The van der Waals surface area contributed by atoms with E-state index >= 15 is 0 Å². The quantitative estimate of drug-likeness (QED) is 0.818. The Kier molecular flexibility index (Phi) is 5.51. The minimum atomic E-state index is -3.87. The number of rotatable bonds is 5. The lowest BCUT2D eigenvalue weighted by Gasteiger charge is -2.14. The van der Waals surface area contributed by atoms with Gasteiger partial charge in [0.05, 0.1) is 7.11 Å². The molecule has 0 aliphatic carbocycles. The minimum Gasteiger partial charge on any atom is -0.495 e. The summed E-state index contributed by atoms with van der Waals surface area (Å²) in [6.07, 6.45) is 0. The van der Waals surface area contributed by atoms with Crippen molar-refractivity contribution in [1.82, 2.24) is 4.90 Å². The Hall–Kier alpha value is -2.06. The van der Waals surface area contributed by atoms with Crippen molar-refractivity contribution in [3.63, 3.8) is 0 Å². The van der Waals surface area contributed by atoms with Crippen LogP contribution in [0.4, 0.5) is 5.69 Å². The predicted molar refractivity (Wildman–Crippen MR) is 96.0 cm³/mol. The van der Waals surface area contributed by atoms with E-state index in [1.807, 2.05) is 0 Å². The Bertz CT molecular complexity index is 866. The van der Waals surface area contributed by atoms with Gasteiger partial charge in [-0.2, -0.15) is 0 Å². The van der Waals surface area contributed by atoms with Gasteiger partial charge in [0, 0.05) is 29.8 Å². The summed E-state index contributed by atoms with van der Waals surface area (Å²) >= 11 is 3.25. The molecule has 128 valence electrons. The molecule has 0 heterocycles. The summed E-state index contributed by atoms with van der Waals surface area (Å²) in [5, 5.41) is 0. The molecular formula is C16H17BrN2O4S. The lowest BCUT2D eigenvalue weighted by atomic mass is 10.2. The van der Waals surface area contributed by atoms with Gasteiger partial charge in [-0.15, -0.1) is 0 Å². The molecule has 0 unspecified atom stereocenters. The van der Waals surface area contributed by atoms with Crippen LogP contribution in [-0.2, 0) is 10.0 Å². The van der Waals surface area contributed by atoms with Gasteiger partial charge in [0.15, 0.2) is 0 Å². The minimum absolute atomic E-state index is 0.00344. The molecular weight excluding hydrogens is 396 g/mol. The first-order valence-corrected chi connectivity index (χ1v) is 9.20. The van der Waals surface area contributed by atoms with Gasteiger partial charge in [-0.1, -0.05) is 22.0 Å². The van der Waals surface area contributed by atoms with Crippen LogP contribution in [0.5, 0.6) is 5.75 Å². The van der Waals surface area contributed by atoms with Gasteiger partial charge in [-0.3, -0.25) is 9.52 Å². The van der Waals surface area contributed by atoms with Gasteiger partial charge in [0.2, 0.25) is 0 Å². The molecule has 0 spiro atoms. The molecule has 0 fully saturated rings. The summed E-state index contributed by atoms with van der Waals surface area (Å²) in [5.41, 5.74) is 0.686. The Labute approximate surface area is 149 Å². The van der Waals surface area contributed by atoms with E-state index in [9.17, 15) is 13.2 Å². The Morgan fingerprint density at radius 3 is 2.50 bits per heavy atom. The molecule has 0 saturated carbocycles. The highest BCUT2D eigenvalue weighted by Gasteiger charge is 2.20. The van der Waals surface area contributed by atoms with Gasteiger partial charge in [-0.25, -0.2) is 8.42 Å². The molecule has 0 bridgehead atoms. The number of nitrogens with one attached hydrogen (secondary N) is 1. The second-order valence-electron chi connectivity index (χ2n) is 5.18. The SMILES string of the molecule is COc1ccc(Br)cc1S(=O)(=O)Nc1cccc(C(=O)N(C)C)c1. The molecule has 0 radical (unpaired) electrons. The van der Waals surface area contributed by atoms with Gasteiger partial charge < -0.3 is 9.64 Å². The second kappa shape index (κ2) is 7.23. The van der Waals surface area contributed by atoms with Crippen LogP contribution in [0.3, 0.4) is 0 Å². The average Bonchev–Trinajstić information content (AvgIpc) is 2.53. The van der Waals surface area contributed by atoms with Crippen molar-refractivity contribution >= 4 is 37.5 Å². The van der Waals surface area contributed by atoms with Crippen LogP contribution in [0.2, 0.25) is 0 Å².